The molecule has 0 aliphatic rings. The standard InChI is InChI=1S/C13H15NO2S/c1-9(2)13(17-8-14)12(15)10-5-4-6-11(7-10)16-3/h4-7,9,13H,1-3H3. The first kappa shape index (κ1) is 13.6. The average Bonchev–Trinajstić information content (AvgIpc) is 2.34. The maximum Gasteiger partial charge on any atom is 0.177 e. The molecule has 0 fully saturated rings. The first-order valence-electron chi connectivity index (χ1n) is 5.33. The molecule has 0 spiro atoms. The van der Waals surface area contributed by atoms with E-state index in [1.807, 2.05) is 19.2 Å². The van der Waals surface area contributed by atoms with Gasteiger partial charge in [-0.1, -0.05) is 26.0 Å². The number of nitriles is 1. The van der Waals surface area contributed by atoms with Crippen LogP contribution in [0.4, 0.5) is 0 Å². The van der Waals surface area contributed by atoms with Crippen LogP contribution in [0.1, 0.15) is 24.2 Å². The van der Waals surface area contributed by atoms with E-state index in [1.54, 1.807) is 31.4 Å². The van der Waals surface area contributed by atoms with Gasteiger partial charge in [-0.2, -0.15) is 5.26 Å². The molecule has 90 valence electrons. The van der Waals surface area contributed by atoms with Crippen LogP contribution in [0.25, 0.3) is 0 Å². The van der Waals surface area contributed by atoms with E-state index in [4.69, 9.17) is 10.00 Å². The van der Waals surface area contributed by atoms with Gasteiger partial charge in [-0.05, 0) is 29.8 Å². The predicted octanol–water partition coefficient (Wildman–Crippen LogP) is 3.12. The van der Waals surface area contributed by atoms with Crippen LogP contribution in [0.5, 0.6) is 5.75 Å². The number of Topliss-reactive ketones (excluding diaryl/α,β-unsaturated/α-hetero) is 1. The minimum absolute atomic E-state index is 0.0227. The van der Waals surface area contributed by atoms with Crippen molar-refractivity contribution in [2.45, 2.75) is 19.1 Å². The molecule has 0 amide bonds. The molecule has 0 bridgehead atoms. The van der Waals surface area contributed by atoms with Crippen LogP contribution in [0, 0.1) is 16.6 Å². The lowest BCUT2D eigenvalue weighted by Gasteiger charge is -2.15. The van der Waals surface area contributed by atoms with Crippen molar-refractivity contribution in [3.63, 3.8) is 0 Å². The van der Waals surface area contributed by atoms with Crippen molar-refractivity contribution in [2.75, 3.05) is 7.11 Å². The molecule has 4 heteroatoms. The van der Waals surface area contributed by atoms with Crippen LogP contribution in [-0.2, 0) is 0 Å². The summed E-state index contributed by atoms with van der Waals surface area (Å²) in [6, 6.07) is 7.02. The molecule has 1 rings (SSSR count). The summed E-state index contributed by atoms with van der Waals surface area (Å²) in [6.07, 6.45) is 0. The molecule has 1 atom stereocenters. The molecule has 0 radical (unpaired) electrons. The number of carbonyl (C=O) groups is 1. The molecule has 1 aromatic rings. The molecule has 0 aliphatic carbocycles. The van der Waals surface area contributed by atoms with Crippen molar-refractivity contribution in [2.24, 2.45) is 5.92 Å². The first-order chi connectivity index (χ1) is 8.10. The third kappa shape index (κ3) is 3.50. The van der Waals surface area contributed by atoms with Gasteiger partial charge in [0.25, 0.3) is 0 Å². The largest absolute Gasteiger partial charge is 0.497 e. The summed E-state index contributed by atoms with van der Waals surface area (Å²) < 4.78 is 5.08. The van der Waals surface area contributed by atoms with Gasteiger partial charge >= 0.3 is 0 Å². The maximum atomic E-state index is 12.2. The van der Waals surface area contributed by atoms with E-state index in [9.17, 15) is 4.79 Å². The summed E-state index contributed by atoms with van der Waals surface area (Å²) in [4.78, 5) is 12.2. The molecule has 0 N–H and O–H groups in total. The van der Waals surface area contributed by atoms with E-state index < -0.39 is 0 Å². The highest BCUT2D eigenvalue weighted by molar-refractivity contribution is 8.05. The van der Waals surface area contributed by atoms with Crippen LogP contribution in [0.15, 0.2) is 24.3 Å². The third-order valence-electron chi connectivity index (χ3n) is 2.40. The molecule has 17 heavy (non-hydrogen) atoms. The number of methoxy groups -OCH3 is 1. The highest BCUT2D eigenvalue weighted by Crippen LogP contribution is 2.24. The number of thiocyanates is 1. The lowest BCUT2D eigenvalue weighted by Crippen LogP contribution is -2.22. The van der Waals surface area contributed by atoms with E-state index in [2.05, 4.69) is 0 Å². The summed E-state index contributed by atoms with van der Waals surface area (Å²) >= 11 is 1.02. The van der Waals surface area contributed by atoms with Gasteiger partial charge < -0.3 is 4.74 Å². The number of carbonyl (C=O) groups excluding carboxylic acids is 1. The second-order valence-corrected chi connectivity index (χ2v) is 4.90. The monoisotopic (exact) mass is 249 g/mol. The van der Waals surface area contributed by atoms with Crippen LogP contribution in [0.2, 0.25) is 0 Å². The first-order valence-corrected chi connectivity index (χ1v) is 6.21. The zero-order valence-corrected chi connectivity index (χ0v) is 11.0. The Balaban J connectivity index is 2.97. The SMILES string of the molecule is COc1cccc(C(=O)C(SC#N)C(C)C)c1. The molecule has 0 heterocycles. The fraction of sp³-hybridized carbons (Fsp3) is 0.385. The number of ether oxygens (including phenoxy) is 1. The highest BCUT2D eigenvalue weighted by Gasteiger charge is 2.24. The quantitative estimate of drug-likeness (QED) is 0.594. The van der Waals surface area contributed by atoms with Crippen molar-refractivity contribution < 1.29 is 9.53 Å². The molecular formula is C13H15NO2S. The Bertz CT molecular complexity index is 437. The van der Waals surface area contributed by atoms with Crippen LogP contribution >= 0.6 is 11.8 Å². The van der Waals surface area contributed by atoms with Gasteiger partial charge in [0.1, 0.15) is 11.2 Å². The van der Waals surface area contributed by atoms with Crippen molar-refractivity contribution in [3.8, 4) is 11.2 Å². The van der Waals surface area contributed by atoms with Crippen molar-refractivity contribution in [1.29, 1.82) is 5.26 Å². The lowest BCUT2D eigenvalue weighted by atomic mass is 10.0. The Labute approximate surface area is 106 Å². The molecular weight excluding hydrogens is 234 g/mol. The summed E-state index contributed by atoms with van der Waals surface area (Å²) in [5, 5.41) is 10.4. The Morgan fingerprint density at radius 1 is 1.47 bits per heavy atom. The Morgan fingerprint density at radius 3 is 2.71 bits per heavy atom. The van der Waals surface area contributed by atoms with E-state index >= 15 is 0 Å². The average molecular weight is 249 g/mol. The number of thioether (sulfide) groups is 1. The van der Waals surface area contributed by atoms with Crippen molar-refractivity contribution in [3.05, 3.63) is 29.8 Å². The lowest BCUT2D eigenvalue weighted by molar-refractivity contribution is 0.0975. The second kappa shape index (κ2) is 6.31. The summed E-state index contributed by atoms with van der Waals surface area (Å²) in [5.74, 6) is 0.754. The van der Waals surface area contributed by atoms with Gasteiger partial charge in [-0.3, -0.25) is 4.79 Å². The van der Waals surface area contributed by atoms with Gasteiger partial charge in [0, 0.05) is 5.56 Å². The normalized spacial score (nSPS) is 11.9. The van der Waals surface area contributed by atoms with Crippen LogP contribution in [-0.4, -0.2) is 18.1 Å². The number of hydrogen-bond acceptors (Lipinski definition) is 4. The van der Waals surface area contributed by atoms with Crippen molar-refractivity contribution in [1.82, 2.24) is 0 Å². The predicted molar refractivity (Wildman–Crippen MR) is 69.2 cm³/mol. The number of rotatable bonds is 5. The Kier molecular flexibility index (Phi) is 5.05. The highest BCUT2D eigenvalue weighted by atomic mass is 32.2. The summed E-state index contributed by atoms with van der Waals surface area (Å²) in [5.41, 5.74) is 0.589. The van der Waals surface area contributed by atoms with Gasteiger partial charge in [-0.25, -0.2) is 0 Å². The molecule has 0 saturated carbocycles. The maximum absolute atomic E-state index is 12.2. The van der Waals surface area contributed by atoms with Crippen LogP contribution in [0.3, 0.4) is 0 Å². The molecule has 0 aliphatic heterocycles. The zero-order chi connectivity index (χ0) is 12.8. The molecule has 0 saturated heterocycles. The van der Waals surface area contributed by atoms with E-state index in [1.165, 1.54) is 0 Å². The third-order valence-corrected chi connectivity index (χ3v) is 3.52. The minimum atomic E-state index is -0.327. The van der Waals surface area contributed by atoms with E-state index in [0.29, 0.717) is 11.3 Å². The number of nitrogens with zero attached hydrogens (tertiary/aromatic N) is 1. The fourth-order valence-electron chi connectivity index (χ4n) is 1.49. The van der Waals surface area contributed by atoms with Crippen LogP contribution < -0.4 is 4.74 Å². The fourth-order valence-corrected chi connectivity index (χ4v) is 2.12. The Hall–Kier alpha value is -1.47. The number of ketones is 1. The summed E-state index contributed by atoms with van der Waals surface area (Å²) in [7, 11) is 1.56. The van der Waals surface area contributed by atoms with Gasteiger partial charge in [0.05, 0.1) is 12.4 Å². The molecule has 1 aromatic carbocycles. The topological polar surface area (TPSA) is 50.1 Å². The molecule has 3 nitrogen and oxygen atoms in total. The molecule has 1 unspecified atom stereocenters. The summed E-state index contributed by atoms with van der Waals surface area (Å²) in [6.45, 7) is 3.88. The van der Waals surface area contributed by atoms with Gasteiger partial charge in [-0.15, -0.1) is 0 Å². The molecule has 0 aromatic heterocycles. The second-order valence-electron chi connectivity index (χ2n) is 3.97. The Morgan fingerprint density at radius 2 is 2.18 bits per heavy atom. The van der Waals surface area contributed by atoms with Gasteiger partial charge in [0.2, 0.25) is 0 Å². The zero-order valence-electron chi connectivity index (χ0n) is 10.1. The smallest absolute Gasteiger partial charge is 0.177 e. The van der Waals surface area contributed by atoms with E-state index in [-0.39, 0.29) is 17.0 Å². The van der Waals surface area contributed by atoms with Gasteiger partial charge in [0.15, 0.2) is 5.78 Å². The minimum Gasteiger partial charge on any atom is -0.497 e. The van der Waals surface area contributed by atoms with Crippen molar-refractivity contribution >= 4 is 17.5 Å². The van der Waals surface area contributed by atoms with E-state index in [0.717, 1.165) is 11.8 Å². The number of benzene rings is 1. The number of hydrogen-bond donors (Lipinski definition) is 0.